The Morgan fingerprint density at radius 2 is 2.23 bits per heavy atom. The number of nitrogens with zero attached hydrogens (tertiary/aromatic N) is 6. The first-order valence-electron chi connectivity index (χ1n) is 6.98. The van der Waals surface area contributed by atoms with Crippen LogP contribution >= 0.6 is 0 Å². The second-order valence-corrected chi connectivity index (χ2v) is 5.24. The molecule has 3 rings (SSSR count). The number of rotatable bonds is 3. The van der Waals surface area contributed by atoms with E-state index in [1.165, 1.54) is 5.01 Å². The van der Waals surface area contributed by atoms with Gasteiger partial charge in [-0.15, -0.1) is 0 Å². The number of aryl methyl sites for hydroxylation is 1. The van der Waals surface area contributed by atoms with Gasteiger partial charge in [-0.2, -0.15) is 15.2 Å². The van der Waals surface area contributed by atoms with Crippen molar-refractivity contribution < 1.29 is 9.90 Å². The van der Waals surface area contributed by atoms with Gasteiger partial charge >= 0.3 is 6.09 Å². The number of imidazole rings is 1. The van der Waals surface area contributed by atoms with E-state index in [0.717, 1.165) is 25.7 Å². The maximum absolute atomic E-state index is 11.1. The lowest BCUT2D eigenvalue weighted by Gasteiger charge is -2.28. The summed E-state index contributed by atoms with van der Waals surface area (Å²) in [4.78, 5) is 23.7. The molecule has 114 valence electrons. The highest BCUT2D eigenvalue weighted by molar-refractivity contribution is 5.85. The van der Waals surface area contributed by atoms with Crippen molar-refractivity contribution in [2.45, 2.75) is 31.7 Å². The third kappa shape index (κ3) is 2.39. The van der Waals surface area contributed by atoms with Gasteiger partial charge in [-0.3, -0.25) is 5.01 Å². The van der Waals surface area contributed by atoms with Gasteiger partial charge in [0, 0.05) is 7.05 Å². The summed E-state index contributed by atoms with van der Waals surface area (Å²) in [5.41, 5.74) is 3.36. The fourth-order valence-corrected chi connectivity index (χ4v) is 2.79. The molecule has 1 aliphatic rings. The molecule has 0 saturated heterocycles. The second kappa shape index (κ2) is 5.48. The zero-order valence-electron chi connectivity index (χ0n) is 12.0. The van der Waals surface area contributed by atoms with Crippen molar-refractivity contribution in [1.29, 1.82) is 5.26 Å². The van der Waals surface area contributed by atoms with Crippen molar-refractivity contribution >= 4 is 23.1 Å². The Morgan fingerprint density at radius 3 is 2.86 bits per heavy atom. The Hall–Kier alpha value is -2.89. The van der Waals surface area contributed by atoms with Gasteiger partial charge in [-0.25, -0.2) is 15.2 Å². The summed E-state index contributed by atoms with van der Waals surface area (Å²) in [6.45, 7) is 0. The predicted octanol–water partition coefficient (Wildman–Crippen LogP) is 1.17. The number of carbonyl (C=O) groups is 1. The molecule has 2 heterocycles. The average Bonchev–Trinajstić information content (AvgIpc) is 3.14. The van der Waals surface area contributed by atoms with Gasteiger partial charge in [-0.05, 0) is 12.8 Å². The smallest absolute Gasteiger partial charge is 0.423 e. The average molecular weight is 301 g/mol. The van der Waals surface area contributed by atoms with Gasteiger partial charge in [-0.1, -0.05) is 12.8 Å². The van der Waals surface area contributed by atoms with E-state index in [0.29, 0.717) is 17.0 Å². The molecule has 0 unspecified atom stereocenters. The standard InChI is InChI=1S/C13H15N7O2/c1-19-7-15-10-11(19)16-9(6-14)17-12(10)20(18-13(21)22)8-4-2-3-5-8/h7-8,18H,2-5H2,1H3,(H,21,22). The van der Waals surface area contributed by atoms with Crippen LogP contribution < -0.4 is 10.4 Å². The number of amides is 1. The number of hydrogen-bond acceptors (Lipinski definition) is 6. The van der Waals surface area contributed by atoms with Crippen molar-refractivity contribution in [1.82, 2.24) is 24.9 Å². The van der Waals surface area contributed by atoms with Crippen molar-refractivity contribution in [3.63, 3.8) is 0 Å². The van der Waals surface area contributed by atoms with Gasteiger partial charge in [0.1, 0.15) is 6.07 Å². The predicted molar refractivity (Wildman–Crippen MR) is 76.9 cm³/mol. The molecule has 2 N–H and O–H groups in total. The molecular weight excluding hydrogens is 286 g/mol. The van der Waals surface area contributed by atoms with E-state index in [1.807, 2.05) is 6.07 Å². The number of hydrazine groups is 1. The van der Waals surface area contributed by atoms with Crippen LogP contribution in [0.3, 0.4) is 0 Å². The first-order chi connectivity index (χ1) is 10.6. The summed E-state index contributed by atoms with van der Waals surface area (Å²) in [6, 6.07) is 1.91. The highest BCUT2D eigenvalue weighted by Gasteiger charge is 2.28. The number of fused-ring (bicyclic) bond motifs is 1. The number of nitrogens with one attached hydrogen (secondary N) is 1. The van der Waals surface area contributed by atoms with Gasteiger partial charge in [0.15, 0.2) is 17.0 Å². The lowest BCUT2D eigenvalue weighted by atomic mass is 10.2. The van der Waals surface area contributed by atoms with Crippen LogP contribution in [-0.4, -0.2) is 36.8 Å². The van der Waals surface area contributed by atoms with E-state index in [2.05, 4.69) is 20.4 Å². The molecule has 0 aromatic carbocycles. The quantitative estimate of drug-likeness (QED) is 0.816. The Labute approximate surface area is 126 Å². The van der Waals surface area contributed by atoms with Gasteiger partial charge < -0.3 is 9.67 Å². The minimum atomic E-state index is -1.17. The summed E-state index contributed by atoms with van der Waals surface area (Å²) < 4.78 is 1.68. The van der Waals surface area contributed by atoms with E-state index in [1.54, 1.807) is 17.9 Å². The highest BCUT2D eigenvalue weighted by Crippen LogP contribution is 2.29. The third-order valence-corrected chi connectivity index (χ3v) is 3.78. The van der Waals surface area contributed by atoms with Gasteiger partial charge in [0.2, 0.25) is 5.82 Å². The second-order valence-electron chi connectivity index (χ2n) is 5.24. The number of nitriles is 1. The van der Waals surface area contributed by atoms with E-state index in [4.69, 9.17) is 10.4 Å². The van der Waals surface area contributed by atoms with Gasteiger partial charge in [0.05, 0.1) is 12.4 Å². The number of aromatic nitrogens is 4. The first-order valence-corrected chi connectivity index (χ1v) is 6.98. The van der Waals surface area contributed by atoms with Crippen molar-refractivity contribution in [3.8, 4) is 6.07 Å². The van der Waals surface area contributed by atoms with E-state index < -0.39 is 6.09 Å². The Balaban J connectivity index is 2.15. The zero-order chi connectivity index (χ0) is 15.7. The maximum Gasteiger partial charge on any atom is 0.423 e. The van der Waals surface area contributed by atoms with Crippen LogP contribution in [-0.2, 0) is 7.05 Å². The minimum absolute atomic E-state index is 0.00255. The van der Waals surface area contributed by atoms with Crippen LogP contribution in [0.4, 0.5) is 10.6 Å². The summed E-state index contributed by atoms with van der Waals surface area (Å²) in [5, 5.41) is 19.7. The summed E-state index contributed by atoms with van der Waals surface area (Å²) in [5.74, 6) is 0.317. The molecule has 1 fully saturated rings. The highest BCUT2D eigenvalue weighted by atomic mass is 16.4. The normalized spacial score (nSPS) is 14.9. The number of anilines is 1. The molecule has 0 spiro atoms. The number of carboxylic acid groups (broad SMARTS) is 1. The molecule has 1 saturated carbocycles. The fraction of sp³-hybridized carbons (Fsp3) is 0.462. The van der Waals surface area contributed by atoms with E-state index in [9.17, 15) is 4.79 Å². The molecule has 9 heteroatoms. The van der Waals surface area contributed by atoms with Crippen LogP contribution in [0.5, 0.6) is 0 Å². The van der Waals surface area contributed by atoms with Crippen molar-refractivity contribution in [2.75, 3.05) is 5.01 Å². The topological polar surface area (TPSA) is 120 Å². The molecule has 1 aliphatic carbocycles. The Morgan fingerprint density at radius 1 is 1.50 bits per heavy atom. The molecule has 0 radical (unpaired) electrons. The summed E-state index contributed by atoms with van der Waals surface area (Å²) >= 11 is 0. The van der Waals surface area contributed by atoms with E-state index in [-0.39, 0.29) is 11.9 Å². The summed E-state index contributed by atoms with van der Waals surface area (Å²) in [6.07, 6.45) is 4.18. The van der Waals surface area contributed by atoms with Crippen LogP contribution in [0.15, 0.2) is 6.33 Å². The monoisotopic (exact) mass is 301 g/mol. The van der Waals surface area contributed by atoms with Gasteiger partial charge in [0.25, 0.3) is 0 Å². The minimum Gasteiger partial charge on any atom is -0.464 e. The molecule has 0 aliphatic heterocycles. The molecule has 2 aromatic rings. The largest absolute Gasteiger partial charge is 0.464 e. The Bertz CT molecular complexity index is 758. The third-order valence-electron chi connectivity index (χ3n) is 3.78. The molecular formula is C13H15N7O2. The van der Waals surface area contributed by atoms with Crippen LogP contribution in [0.2, 0.25) is 0 Å². The number of hydrogen-bond donors (Lipinski definition) is 2. The van der Waals surface area contributed by atoms with Crippen LogP contribution in [0, 0.1) is 11.3 Å². The Kier molecular flexibility index (Phi) is 3.50. The maximum atomic E-state index is 11.1. The van der Waals surface area contributed by atoms with Crippen LogP contribution in [0.25, 0.3) is 11.2 Å². The molecule has 22 heavy (non-hydrogen) atoms. The SMILES string of the molecule is Cn1cnc2c(N(NC(=O)O)C3CCCC3)nc(C#N)nc21. The van der Waals surface area contributed by atoms with Crippen LogP contribution in [0.1, 0.15) is 31.5 Å². The van der Waals surface area contributed by atoms with E-state index >= 15 is 0 Å². The molecule has 1 amide bonds. The van der Waals surface area contributed by atoms with Crippen molar-refractivity contribution in [3.05, 3.63) is 12.2 Å². The first kappa shape index (κ1) is 14.1. The molecule has 0 atom stereocenters. The lowest BCUT2D eigenvalue weighted by molar-refractivity contribution is 0.191. The molecule has 0 bridgehead atoms. The van der Waals surface area contributed by atoms with Crippen molar-refractivity contribution in [2.24, 2.45) is 7.05 Å². The lowest BCUT2D eigenvalue weighted by Crippen LogP contribution is -2.48. The molecule has 2 aromatic heterocycles. The zero-order valence-corrected chi connectivity index (χ0v) is 12.0. The summed E-state index contributed by atoms with van der Waals surface area (Å²) in [7, 11) is 1.76. The fourth-order valence-electron chi connectivity index (χ4n) is 2.79. The molecule has 9 nitrogen and oxygen atoms in total.